The van der Waals surface area contributed by atoms with Gasteiger partial charge in [0.1, 0.15) is 0 Å². The summed E-state index contributed by atoms with van der Waals surface area (Å²) in [7, 11) is 0. The molecule has 2 saturated carbocycles. The lowest BCUT2D eigenvalue weighted by Crippen LogP contribution is -2.00. The Morgan fingerprint density at radius 1 is 1.12 bits per heavy atom. The van der Waals surface area contributed by atoms with Gasteiger partial charge in [0.25, 0.3) is 0 Å². The van der Waals surface area contributed by atoms with E-state index < -0.39 is 0 Å². The van der Waals surface area contributed by atoms with Crippen molar-refractivity contribution < 1.29 is 0 Å². The number of fused-ring (bicyclic) bond motifs is 1. The lowest BCUT2D eigenvalue weighted by atomic mass is 9.92. The summed E-state index contributed by atoms with van der Waals surface area (Å²) in [5, 5.41) is 0. The van der Waals surface area contributed by atoms with E-state index in [9.17, 15) is 0 Å². The summed E-state index contributed by atoms with van der Waals surface area (Å²) in [6.45, 7) is 6.31. The maximum Gasteiger partial charge on any atom is -0.00867 e. The summed E-state index contributed by atoms with van der Waals surface area (Å²) in [6.07, 6.45) is 16.9. The Morgan fingerprint density at radius 3 is 2.56 bits per heavy atom. The zero-order valence-corrected chi connectivity index (χ0v) is 11.0. The molecule has 92 valence electrons. The van der Waals surface area contributed by atoms with E-state index in [1.54, 1.807) is 0 Å². The van der Waals surface area contributed by atoms with E-state index in [0.717, 1.165) is 11.8 Å². The normalized spacial score (nSPS) is 36.1. The first-order chi connectivity index (χ1) is 7.80. The Balaban J connectivity index is 1.51. The molecule has 0 aromatic carbocycles. The highest BCUT2D eigenvalue weighted by atomic mass is 14.6. The lowest BCUT2D eigenvalue weighted by Gasteiger charge is -2.13. The van der Waals surface area contributed by atoms with Gasteiger partial charge in [-0.3, -0.25) is 0 Å². The van der Waals surface area contributed by atoms with Gasteiger partial charge in [-0.15, -0.1) is 6.58 Å². The summed E-state index contributed by atoms with van der Waals surface area (Å²) in [4.78, 5) is 0. The molecule has 2 rings (SSSR count). The van der Waals surface area contributed by atoms with Crippen molar-refractivity contribution in [2.45, 2.75) is 71.1 Å². The fraction of sp³-hybridized carbons (Fsp3) is 0.875. The molecular weight excluding hydrogens is 192 g/mol. The van der Waals surface area contributed by atoms with E-state index in [1.165, 1.54) is 64.2 Å². The minimum Gasteiger partial charge on any atom is -0.103 e. The molecule has 1 unspecified atom stereocenters. The largest absolute Gasteiger partial charge is 0.103 e. The van der Waals surface area contributed by atoms with Crippen molar-refractivity contribution in [3.8, 4) is 0 Å². The van der Waals surface area contributed by atoms with Crippen LogP contribution in [0.3, 0.4) is 0 Å². The summed E-state index contributed by atoms with van der Waals surface area (Å²) < 4.78 is 0. The molecular formula is C16H28. The minimum absolute atomic E-state index is 0.632. The number of unbranched alkanes of at least 4 members (excludes halogenated alkanes) is 5. The summed E-state index contributed by atoms with van der Waals surface area (Å²) in [5.41, 5.74) is 0.632. The quantitative estimate of drug-likeness (QED) is 0.382. The van der Waals surface area contributed by atoms with E-state index in [-0.39, 0.29) is 0 Å². The van der Waals surface area contributed by atoms with Crippen molar-refractivity contribution in [3.63, 3.8) is 0 Å². The Hall–Kier alpha value is -0.260. The molecule has 0 bridgehead atoms. The van der Waals surface area contributed by atoms with Gasteiger partial charge in [0.2, 0.25) is 0 Å². The van der Waals surface area contributed by atoms with Gasteiger partial charge in [-0.25, -0.2) is 0 Å². The molecule has 0 N–H and O–H groups in total. The van der Waals surface area contributed by atoms with Crippen LogP contribution in [0.4, 0.5) is 0 Å². The van der Waals surface area contributed by atoms with E-state index in [4.69, 9.17) is 0 Å². The van der Waals surface area contributed by atoms with Gasteiger partial charge in [0, 0.05) is 0 Å². The van der Waals surface area contributed by atoms with Crippen molar-refractivity contribution in [1.29, 1.82) is 0 Å². The SMILES string of the molecule is C=C[C@@]12CC(CCCCCCCC)C[C@H]1C2. The predicted molar refractivity (Wildman–Crippen MR) is 71.5 cm³/mol. The molecule has 3 atom stereocenters. The smallest absolute Gasteiger partial charge is 0.00867 e. The predicted octanol–water partition coefficient (Wildman–Crippen LogP) is 5.34. The molecule has 2 aliphatic rings. The van der Waals surface area contributed by atoms with Gasteiger partial charge in [0.05, 0.1) is 0 Å². The molecule has 0 spiro atoms. The first-order valence-corrected chi connectivity index (χ1v) is 7.44. The number of hydrogen-bond acceptors (Lipinski definition) is 0. The van der Waals surface area contributed by atoms with E-state index in [1.807, 2.05) is 0 Å². The molecule has 0 aliphatic heterocycles. The fourth-order valence-electron chi connectivity index (χ4n) is 3.76. The molecule has 16 heavy (non-hydrogen) atoms. The molecule has 0 aromatic heterocycles. The van der Waals surface area contributed by atoms with Gasteiger partial charge >= 0.3 is 0 Å². The van der Waals surface area contributed by atoms with Crippen molar-refractivity contribution in [3.05, 3.63) is 12.7 Å². The van der Waals surface area contributed by atoms with Crippen molar-refractivity contribution >= 4 is 0 Å². The van der Waals surface area contributed by atoms with Gasteiger partial charge in [0.15, 0.2) is 0 Å². The molecule has 0 heteroatoms. The Morgan fingerprint density at radius 2 is 1.88 bits per heavy atom. The topological polar surface area (TPSA) is 0 Å². The van der Waals surface area contributed by atoms with Crippen LogP contribution in [0.1, 0.15) is 71.1 Å². The third kappa shape index (κ3) is 2.70. The van der Waals surface area contributed by atoms with Crippen molar-refractivity contribution in [2.24, 2.45) is 17.3 Å². The molecule has 0 radical (unpaired) electrons. The monoisotopic (exact) mass is 220 g/mol. The fourth-order valence-corrected chi connectivity index (χ4v) is 3.76. The molecule has 0 saturated heterocycles. The molecule has 2 aliphatic carbocycles. The highest BCUT2D eigenvalue weighted by molar-refractivity contribution is 5.17. The zero-order chi connectivity index (χ0) is 11.4. The zero-order valence-electron chi connectivity index (χ0n) is 11.0. The van der Waals surface area contributed by atoms with E-state index in [2.05, 4.69) is 19.6 Å². The summed E-state index contributed by atoms with van der Waals surface area (Å²) in [6, 6.07) is 0. The second-order valence-corrected chi connectivity index (χ2v) is 6.20. The Kier molecular flexibility index (Phi) is 4.10. The summed E-state index contributed by atoms with van der Waals surface area (Å²) in [5.74, 6) is 2.08. The Labute approximate surface area is 102 Å². The second-order valence-electron chi connectivity index (χ2n) is 6.20. The van der Waals surface area contributed by atoms with Crippen LogP contribution in [0.15, 0.2) is 12.7 Å². The third-order valence-corrected chi connectivity index (χ3v) is 4.94. The Bertz CT molecular complexity index is 230. The van der Waals surface area contributed by atoms with E-state index in [0.29, 0.717) is 5.41 Å². The number of rotatable bonds is 8. The maximum atomic E-state index is 4.02. The second kappa shape index (κ2) is 5.38. The van der Waals surface area contributed by atoms with Crippen LogP contribution < -0.4 is 0 Å². The minimum atomic E-state index is 0.632. The average Bonchev–Trinajstić information content (AvgIpc) is 2.87. The van der Waals surface area contributed by atoms with Crippen LogP contribution in [0.2, 0.25) is 0 Å². The first-order valence-electron chi connectivity index (χ1n) is 7.44. The molecule has 0 amide bonds. The van der Waals surface area contributed by atoms with Gasteiger partial charge < -0.3 is 0 Å². The van der Waals surface area contributed by atoms with Crippen molar-refractivity contribution in [2.75, 3.05) is 0 Å². The first kappa shape index (κ1) is 12.2. The van der Waals surface area contributed by atoms with Gasteiger partial charge in [-0.1, -0.05) is 57.9 Å². The van der Waals surface area contributed by atoms with Crippen molar-refractivity contribution in [1.82, 2.24) is 0 Å². The molecule has 0 nitrogen and oxygen atoms in total. The third-order valence-electron chi connectivity index (χ3n) is 4.94. The number of hydrogen-bond donors (Lipinski definition) is 0. The molecule has 0 aromatic rings. The van der Waals surface area contributed by atoms with Gasteiger partial charge in [-0.2, -0.15) is 0 Å². The average molecular weight is 220 g/mol. The van der Waals surface area contributed by atoms with Crippen LogP contribution in [0.5, 0.6) is 0 Å². The van der Waals surface area contributed by atoms with Gasteiger partial charge in [-0.05, 0) is 36.5 Å². The lowest BCUT2D eigenvalue weighted by molar-refractivity contribution is 0.409. The molecule has 2 fully saturated rings. The molecule has 0 heterocycles. The van der Waals surface area contributed by atoms with Crippen LogP contribution in [-0.2, 0) is 0 Å². The summed E-state index contributed by atoms with van der Waals surface area (Å²) >= 11 is 0. The van der Waals surface area contributed by atoms with Crippen LogP contribution in [0, 0.1) is 17.3 Å². The van der Waals surface area contributed by atoms with Crippen LogP contribution >= 0.6 is 0 Å². The highest BCUT2D eigenvalue weighted by Crippen LogP contribution is 2.66. The number of allylic oxidation sites excluding steroid dienone is 1. The maximum absolute atomic E-state index is 4.02. The van der Waals surface area contributed by atoms with E-state index >= 15 is 0 Å². The standard InChI is InChI=1S/C16H28/c1-3-5-6-7-8-9-10-14-11-15-13-16(15,4-2)12-14/h4,14-15H,2-3,5-13H2,1H3/t14?,15-,16-/m0/s1. The van der Waals surface area contributed by atoms with Crippen LogP contribution in [0.25, 0.3) is 0 Å². The highest BCUT2D eigenvalue weighted by Gasteiger charge is 2.57. The van der Waals surface area contributed by atoms with Crippen LogP contribution in [-0.4, -0.2) is 0 Å².